The van der Waals surface area contributed by atoms with Crippen molar-refractivity contribution in [2.75, 3.05) is 6.54 Å². The molecule has 1 rings (SSSR count). The molecule has 0 fully saturated rings. The van der Waals surface area contributed by atoms with Crippen LogP contribution >= 0.6 is 0 Å². The van der Waals surface area contributed by atoms with Crippen molar-refractivity contribution in [1.82, 2.24) is 10.3 Å². The molecule has 16 heavy (non-hydrogen) atoms. The van der Waals surface area contributed by atoms with Gasteiger partial charge in [-0.2, -0.15) is 0 Å². The number of hydrogen-bond acceptors (Lipinski definition) is 4. The van der Waals surface area contributed by atoms with Gasteiger partial charge in [-0.15, -0.1) is 0 Å². The molecule has 0 aliphatic rings. The lowest BCUT2D eigenvalue weighted by Crippen LogP contribution is -2.49. The Kier molecular flexibility index (Phi) is 3.98. The minimum Gasteiger partial charge on any atom is -0.480 e. The van der Waals surface area contributed by atoms with Gasteiger partial charge in [0, 0.05) is 12.7 Å². The van der Waals surface area contributed by atoms with Gasteiger partial charge in [-0.3, -0.25) is 10.3 Å². The zero-order valence-electron chi connectivity index (χ0n) is 9.34. The molecule has 5 nitrogen and oxygen atoms in total. The number of nitrogens with zero attached hydrogens (tertiary/aromatic N) is 1. The Balaban J connectivity index is 2.93. The van der Waals surface area contributed by atoms with Crippen molar-refractivity contribution < 1.29 is 15.0 Å². The molecule has 2 atom stereocenters. The van der Waals surface area contributed by atoms with E-state index in [1.165, 1.54) is 6.92 Å². The summed E-state index contributed by atoms with van der Waals surface area (Å²) in [6.45, 7) is 3.31. The third-order valence-electron chi connectivity index (χ3n) is 2.36. The van der Waals surface area contributed by atoms with Gasteiger partial charge in [0.2, 0.25) is 0 Å². The van der Waals surface area contributed by atoms with Gasteiger partial charge in [-0.05, 0) is 26.0 Å². The van der Waals surface area contributed by atoms with Crippen molar-refractivity contribution in [3.05, 3.63) is 30.1 Å². The fourth-order valence-electron chi connectivity index (χ4n) is 1.29. The summed E-state index contributed by atoms with van der Waals surface area (Å²) in [7, 11) is 0. The summed E-state index contributed by atoms with van der Waals surface area (Å²) in [6.07, 6.45) is 0.933. The smallest absolute Gasteiger partial charge is 0.329 e. The second-order valence-corrected chi connectivity index (χ2v) is 3.88. The van der Waals surface area contributed by atoms with E-state index in [1.807, 2.05) is 0 Å². The minimum absolute atomic E-state index is 0.194. The fraction of sp³-hybridized carbons (Fsp3) is 0.455. The summed E-state index contributed by atoms with van der Waals surface area (Å²) in [4.78, 5) is 15.3. The number of aromatic nitrogens is 1. The molecule has 3 N–H and O–H groups in total. The average molecular weight is 224 g/mol. The quantitative estimate of drug-likeness (QED) is 0.672. The van der Waals surface area contributed by atoms with Crippen LogP contribution in [0.5, 0.6) is 0 Å². The number of aliphatic carboxylic acids is 1. The number of hydrogen-bond donors (Lipinski definition) is 3. The molecule has 0 amide bonds. The van der Waals surface area contributed by atoms with Crippen molar-refractivity contribution in [2.24, 2.45) is 0 Å². The molecule has 0 saturated carbocycles. The molecule has 1 aromatic heterocycles. The van der Waals surface area contributed by atoms with E-state index < -0.39 is 17.6 Å². The Morgan fingerprint density at radius 2 is 2.31 bits per heavy atom. The van der Waals surface area contributed by atoms with E-state index >= 15 is 0 Å². The predicted molar refractivity (Wildman–Crippen MR) is 58.9 cm³/mol. The lowest BCUT2D eigenvalue weighted by atomic mass is 9.97. The van der Waals surface area contributed by atoms with E-state index in [0.29, 0.717) is 5.69 Å². The van der Waals surface area contributed by atoms with Crippen LogP contribution in [0.3, 0.4) is 0 Å². The summed E-state index contributed by atoms with van der Waals surface area (Å²) in [6, 6.07) is 5.09. The predicted octanol–water partition coefficient (Wildman–Crippen LogP) is 0.352. The van der Waals surface area contributed by atoms with E-state index in [2.05, 4.69) is 10.3 Å². The number of carboxylic acid groups (broad SMARTS) is 1. The highest BCUT2D eigenvalue weighted by molar-refractivity contribution is 5.79. The van der Waals surface area contributed by atoms with Crippen molar-refractivity contribution in [2.45, 2.75) is 25.5 Å². The number of carbonyl (C=O) groups is 1. The van der Waals surface area contributed by atoms with Crippen molar-refractivity contribution in [3.63, 3.8) is 0 Å². The number of aliphatic hydroxyl groups is 1. The average Bonchev–Trinajstić information content (AvgIpc) is 2.26. The van der Waals surface area contributed by atoms with Crippen LogP contribution in [0.4, 0.5) is 0 Å². The Hall–Kier alpha value is -1.46. The van der Waals surface area contributed by atoms with Gasteiger partial charge in [0.15, 0.2) is 5.54 Å². The maximum Gasteiger partial charge on any atom is 0.329 e. The summed E-state index contributed by atoms with van der Waals surface area (Å²) >= 11 is 0. The standard InChI is InChI=1S/C11H16N2O3/c1-8(14)7-13-11(2,10(15)16)9-5-3-4-6-12-9/h3-6,8,13-14H,7H2,1-2H3,(H,15,16). The monoisotopic (exact) mass is 224 g/mol. The molecule has 0 saturated heterocycles. The van der Waals surface area contributed by atoms with Crippen LogP contribution in [-0.2, 0) is 10.3 Å². The highest BCUT2D eigenvalue weighted by atomic mass is 16.4. The lowest BCUT2D eigenvalue weighted by molar-refractivity contribution is -0.144. The summed E-state index contributed by atoms with van der Waals surface area (Å²) in [5, 5.41) is 21.2. The van der Waals surface area contributed by atoms with Crippen LogP contribution in [0, 0.1) is 0 Å². The van der Waals surface area contributed by atoms with Gasteiger partial charge in [0.1, 0.15) is 0 Å². The normalized spacial score (nSPS) is 16.4. The molecule has 88 valence electrons. The lowest BCUT2D eigenvalue weighted by Gasteiger charge is -2.26. The molecule has 1 aromatic rings. The van der Waals surface area contributed by atoms with Crippen LogP contribution < -0.4 is 5.32 Å². The Labute approximate surface area is 94.1 Å². The largest absolute Gasteiger partial charge is 0.480 e. The first-order valence-corrected chi connectivity index (χ1v) is 5.05. The number of pyridine rings is 1. The van der Waals surface area contributed by atoms with Crippen LogP contribution in [0.15, 0.2) is 24.4 Å². The molecule has 5 heteroatoms. The highest BCUT2D eigenvalue weighted by Gasteiger charge is 2.36. The Morgan fingerprint density at radius 3 is 2.75 bits per heavy atom. The van der Waals surface area contributed by atoms with Gasteiger partial charge in [-0.25, -0.2) is 4.79 Å². The SMILES string of the molecule is CC(O)CNC(C)(C(=O)O)c1ccccn1. The fourth-order valence-corrected chi connectivity index (χ4v) is 1.29. The number of carboxylic acids is 1. The Morgan fingerprint density at radius 1 is 1.62 bits per heavy atom. The molecular formula is C11H16N2O3. The first kappa shape index (κ1) is 12.6. The molecule has 0 bridgehead atoms. The maximum absolute atomic E-state index is 11.3. The first-order chi connectivity index (χ1) is 7.47. The van der Waals surface area contributed by atoms with E-state index in [0.717, 1.165) is 0 Å². The number of rotatable bonds is 5. The maximum atomic E-state index is 11.3. The van der Waals surface area contributed by atoms with Gasteiger partial charge < -0.3 is 10.2 Å². The molecular weight excluding hydrogens is 208 g/mol. The van der Waals surface area contributed by atoms with Crippen molar-refractivity contribution in [1.29, 1.82) is 0 Å². The van der Waals surface area contributed by atoms with Gasteiger partial charge in [0.25, 0.3) is 0 Å². The van der Waals surface area contributed by atoms with Crippen LogP contribution in [0.25, 0.3) is 0 Å². The van der Waals surface area contributed by atoms with Gasteiger partial charge in [0.05, 0.1) is 11.8 Å². The Bertz CT molecular complexity index is 354. The second kappa shape index (κ2) is 5.05. The molecule has 2 unspecified atom stereocenters. The number of aliphatic hydroxyl groups excluding tert-OH is 1. The van der Waals surface area contributed by atoms with E-state index in [-0.39, 0.29) is 6.54 Å². The minimum atomic E-state index is -1.28. The van der Waals surface area contributed by atoms with Crippen LogP contribution in [0.1, 0.15) is 19.5 Å². The van der Waals surface area contributed by atoms with E-state index in [9.17, 15) is 9.90 Å². The zero-order chi connectivity index (χ0) is 12.2. The van der Waals surface area contributed by atoms with Crippen molar-refractivity contribution >= 4 is 5.97 Å². The topological polar surface area (TPSA) is 82.5 Å². The third-order valence-corrected chi connectivity index (χ3v) is 2.36. The van der Waals surface area contributed by atoms with Gasteiger partial charge in [-0.1, -0.05) is 6.07 Å². The van der Waals surface area contributed by atoms with Crippen LogP contribution in [0.2, 0.25) is 0 Å². The summed E-state index contributed by atoms with van der Waals surface area (Å²) < 4.78 is 0. The summed E-state index contributed by atoms with van der Waals surface area (Å²) in [5.74, 6) is -1.02. The molecule has 1 heterocycles. The van der Waals surface area contributed by atoms with E-state index in [4.69, 9.17) is 5.11 Å². The van der Waals surface area contributed by atoms with Gasteiger partial charge >= 0.3 is 5.97 Å². The molecule has 0 radical (unpaired) electrons. The molecule has 0 spiro atoms. The number of nitrogens with one attached hydrogen (secondary N) is 1. The van der Waals surface area contributed by atoms with Crippen molar-refractivity contribution in [3.8, 4) is 0 Å². The van der Waals surface area contributed by atoms with Crippen LogP contribution in [-0.4, -0.2) is 33.8 Å². The second-order valence-electron chi connectivity index (χ2n) is 3.88. The highest BCUT2D eigenvalue weighted by Crippen LogP contribution is 2.18. The molecule has 0 aliphatic carbocycles. The molecule has 0 aromatic carbocycles. The van der Waals surface area contributed by atoms with E-state index in [1.54, 1.807) is 31.3 Å². The first-order valence-electron chi connectivity index (χ1n) is 5.05. The summed E-state index contributed by atoms with van der Waals surface area (Å²) in [5.41, 5.74) is -0.860. The third kappa shape index (κ3) is 2.77. The molecule has 0 aliphatic heterocycles. The zero-order valence-corrected chi connectivity index (χ0v) is 9.34.